The van der Waals surface area contributed by atoms with Gasteiger partial charge in [-0.15, -0.1) is 0 Å². The number of nitrogens with zero attached hydrogens (tertiary/aromatic N) is 2. The molecule has 0 aliphatic heterocycles. The fourth-order valence-electron chi connectivity index (χ4n) is 2.70. The summed E-state index contributed by atoms with van der Waals surface area (Å²) in [7, 11) is 2.00. The van der Waals surface area contributed by atoms with Gasteiger partial charge in [-0.2, -0.15) is 5.10 Å². The second-order valence-corrected chi connectivity index (χ2v) is 5.73. The molecule has 0 saturated heterocycles. The number of nitrogens with one attached hydrogen (secondary N) is 1. The molecule has 0 amide bonds. The summed E-state index contributed by atoms with van der Waals surface area (Å²) in [5.41, 5.74) is 7.70. The van der Waals surface area contributed by atoms with E-state index in [1.807, 2.05) is 11.7 Å². The summed E-state index contributed by atoms with van der Waals surface area (Å²) in [5, 5.41) is 8.09. The highest BCUT2D eigenvalue weighted by Gasteiger charge is 2.15. The average Bonchev–Trinajstić information content (AvgIpc) is 2.64. The predicted octanol–water partition coefficient (Wildman–Crippen LogP) is 3.50. The van der Waals surface area contributed by atoms with Gasteiger partial charge in [0.15, 0.2) is 0 Å². The topological polar surface area (TPSA) is 29.9 Å². The molecule has 20 heavy (non-hydrogen) atoms. The van der Waals surface area contributed by atoms with Crippen molar-refractivity contribution < 1.29 is 0 Å². The van der Waals surface area contributed by atoms with Crippen molar-refractivity contribution in [3.05, 3.63) is 51.8 Å². The molecule has 0 fully saturated rings. The summed E-state index contributed by atoms with van der Waals surface area (Å²) in [6.45, 7) is 11.6. The Balaban J connectivity index is 2.08. The Morgan fingerprint density at radius 2 is 1.85 bits per heavy atom. The van der Waals surface area contributed by atoms with E-state index in [9.17, 15) is 0 Å². The smallest absolute Gasteiger partial charge is 0.0644 e. The molecule has 0 radical (unpaired) electrons. The van der Waals surface area contributed by atoms with Gasteiger partial charge in [0.1, 0.15) is 0 Å². The number of aromatic nitrogens is 2. The molecular formula is C17H25N3. The lowest BCUT2D eigenvalue weighted by molar-refractivity contribution is 0.568. The Bertz CT molecular complexity index is 611. The molecule has 1 unspecified atom stereocenters. The lowest BCUT2D eigenvalue weighted by atomic mass is 10.0. The van der Waals surface area contributed by atoms with Gasteiger partial charge in [-0.05, 0) is 51.3 Å². The Hall–Kier alpha value is -1.61. The van der Waals surface area contributed by atoms with Gasteiger partial charge >= 0.3 is 0 Å². The van der Waals surface area contributed by atoms with Crippen LogP contribution in [0.15, 0.2) is 18.2 Å². The highest BCUT2D eigenvalue weighted by Crippen LogP contribution is 2.21. The van der Waals surface area contributed by atoms with Crippen molar-refractivity contribution in [2.45, 2.75) is 47.2 Å². The Morgan fingerprint density at radius 3 is 2.40 bits per heavy atom. The predicted molar refractivity (Wildman–Crippen MR) is 83.9 cm³/mol. The van der Waals surface area contributed by atoms with Crippen LogP contribution in [0.3, 0.4) is 0 Å². The molecular weight excluding hydrogens is 246 g/mol. The summed E-state index contributed by atoms with van der Waals surface area (Å²) >= 11 is 0. The molecule has 1 heterocycles. The fraction of sp³-hybridized carbons (Fsp3) is 0.471. The van der Waals surface area contributed by atoms with Gasteiger partial charge in [-0.25, -0.2) is 0 Å². The molecule has 1 atom stereocenters. The lowest BCUT2D eigenvalue weighted by Gasteiger charge is -2.15. The van der Waals surface area contributed by atoms with Gasteiger partial charge in [0.25, 0.3) is 0 Å². The van der Waals surface area contributed by atoms with Crippen LogP contribution < -0.4 is 5.32 Å². The van der Waals surface area contributed by atoms with Crippen molar-refractivity contribution in [1.29, 1.82) is 0 Å². The van der Waals surface area contributed by atoms with E-state index in [1.54, 1.807) is 0 Å². The molecule has 108 valence electrons. The van der Waals surface area contributed by atoms with Crippen molar-refractivity contribution in [2.75, 3.05) is 0 Å². The van der Waals surface area contributed by atoms with E-state index < -0.39 is 0 Å². The quantitative estimate of drug-likeness (QED) is 0.922. The third-order valence-corrected chi connectivity index (χ3v) is 4.18. The molecule has 0 aliphatic carbocycles. The van der Waals surface area contributed by atoms with E-state index in [1.165, 1.54) is 27.9 Å². The molecule has 2 rings (SSSR count). The summed E-state index contributed by atoms with van der Waals surface area (Å²) in [6, 6.07) is 6.96. The van der Waals surface area contributed by atoms with Crippen molar-refractivity contribution >= 4 is 0 Å². The fourth-order valence-corrected chi connectivity index (χ4v) is 2.70. The minimum absolute atomic E-state index is 0.310. The number of rotatable bonds is 4. The maximum absolute atomic E-state index is 4.49. The van der Waals surface area contributed by atoms with E-state index in [4.69, 9.17) is 0 Å². The third kappa shape index (κ3) is 2.93. The van der Waals surface area contributed by atoms with Gasteiger partial charge in [0.05, 0.1) is 5.69 Å². The number of hydrogen-bond acceptors (Lipinski definition) is 2. The van der Waals surface area contributed by atoms with Crippen LogP contribution in [0, 0.1) is 27.7 Å². The summed E-state index contributed by atoms with van der Waals surface area (Å²) in [5.74, 6) is 0. The Morgan fingerprint density at radius 1 is 1.15 bits per heavy atom. The zero-order valence-electron chi connectivity index (χ0n) is 13.4. The maximum atomic E-state index is 4.49. The largest absolute Gasteiger partial charge is 0.306 e. The molecule has 2 aromatic rings. The van der Waals surface area contributed by atoms with Gasteiger partial charge < -0.3 is 5.32 Å². The van der Waals surface area contributed by atoms with Crippen LogP contribution in [-0.2, 0) is 13.6 Å². The number of aryl methyl sites for hydroxylation is 4. The van der Waals surface area contributed by atoms with E-state index in [0.717, 1.165) is 12.2 Å². The first-order valence-corrected chi connectivity index (χ1v) is 7.19. The number of benzene rings is 1. The monoisotopic (exact) mass is 271 g/mol. The van der Waals surface area contributed by atoms with E-state index in [2.05, 4.69) is 63.2 Å². The number of hydrogen-bond donors (Lipinski definition) is 1. The van der Waals surface area contributed by atoms with Gasteiger partial charge in [0.2, 0.25) is 0 Å². The molecule has 0 bridgehead atoms. The lowest BCUT2D eigenvalue weighted by Crippen LogP contribution is -2.19. The third-order valence-electron chi connectivity index (χ3n) is 4.18. The maximum Gasteiger partial charge on any atom is 0.0644 e. The molecule has 1 aromatic carbocycles. The first-order chi connectivity index (χ1) is 9.40. The molecule has 1 aromatic heterocycles. The van der Waals surface area contributed by atoms with E-state index >= 15 is 0 Å². The first kappa shape index (κ1) is 14.8. The zero-order valence-corrected chi connectivity index (χ0v) is 13.4. The van der Waals surface area contributed by atoms with Gasteiger partial charge in [-0.1, -0.05) is 18.2 Å². The molecule has 0 aliphatic rings. The average molecular weight is 271 g/mol. The van der Waals surface area contributed by atoms with E-state index in [-0.39, 0.29) is 0 Å². The minimum atomic E-state index is 0.310. The van der Waals surface area contributed by atoms with Crippen LogP contribution >= 0.6 is 0 Å². The second-order valence-electron chi connectivity index (χ2n) is 5.73. The van der Waals surface area contributed by atoms with Crippen LogP contribution in [0.2, 0.25) is 0 Å². The normalized spacial score (nSPS) is 12.7. The van der Waals surface area contributed by atoms with Crippen LogP contribution in [0.1, 0.15) is 46.6 Å². The van der Waals surface area contributed by atoms with Crippen LogP contribution in [0.4, 0.5) is 0 Å². The van der Waals surface area contributed by atoms with Gasteiger partial charge in [-0.3, -0.25) is 4.68 Å². The Kier molecular flexibility index (Phi) is 4.29. The molecule has 1 N–H and O–H groups in total. The molecule has 0 saturated carbocycles. The van der Waals surface area contributed by atoms with Crippen LogP contribution in [0.25, 0.3) is 0 Å². The summed E-state index contributed by atoms with van der Waals surface area (Å²) in [4.78, 5) is 0. The molecule has 3 heteroatoms. The summed E-state index contributed by atoms with van der Waals surface area (Å²) < 4.78 is 1.96. The van der Waals surface area contributed by atoms with Crippen molar-refractivity contribution in [1.82, 2.24) is 15.1 Å². The van der Waals surface area contributed by atoms with Crippen molar-refractivity contribution in [2.24, 2.45) is 7.05 Å². The van der Waals surface area contributed by atoms with Crippen molar-refractivity contribution in [3.8, 4) is 0 Å². The highest BCUT2D eigenvalue weighted by atomic mass is 15.3. The highest BCUT2D eigenvalue weighted by molar-refractivity contribution is 5.31. The minimum Gasteiger partial charge on any atom is -0.306 e. The van der Waals surface area contributed by atoms with Crippen LogP contribution in [0.5, 0.6) is 0 Å². The summed E-state index contributed by atoms with van der Waals surface area (Å²) in [6.07, 6.45) is 0. The van der Waals surface area contributed by atoms with E-state index in [0.29, 0.717) is 6.04 Å². The standard InChI is InChI=1S/C17H25N3/c1-11-7-8-16(9-12(11)2)10-18-13(3)17-14(4)19-20(6)15(17)5/h7-9,13,18H,10H2,1-6H3. The second kappa shape index (κ2) is 5.80. The SMILES string of the molecule is Cc1ccc(CNC(C)c2c(C)nn(C)c2C)cc1C. The Labute approximate surface area is 122 Å². The van der Waals surface area contributed by atoms with Gasteiger partial charge in [0, 0.05) is 30.9 Å². The molecule has 3 nitrogen and oxygen atoms in total. The zero-order chi connectivity index (χ0) is 14.9. The molecule has 0 spiro atoms. The van der Waals surface area contributed by atoms with Crippen LogP contribution in [-0.4, -0.2) is 9.78 Å². The van der Waals surface area contributed by atoms with Crippen molar-refractivity contribution in [3.63, 3.8) is 0 Å². The first-order valence-electron chi connectivity index (χ1n) is 7.19.